The summed E-state index contributed by atoms with van der Waals surface area (Å²) in [6.45, 7) is 0.179. The predicted molar refractivity (Wildman–Crippen MR) is 74.3 cm³/mol. The highest BCUT2D eigenvalue weighted by molar-refractivity contribution is 5.56. The molecule has 0 aliphatic rings. The molecule has 2 rings (SSSR count). The normalized spacial score (nSPS) is 9.24. The summed E-state index contributed by atoms with van der Waals surface area (Å²) < 4.78 is 13.9. The number of halogens is 1. The molecule has 0 aliphatic heterocycles. The molecule has 0 aliphatic carbocycles. The second-order valence-corrected chi connectivity index (χ2v) is 4.23. The molecule has 0 unspecified atom stereocenters. The molecule has 2 aromatic rings. The lowest BCUT2D eigenvalue weighted by molar-refractivity contribution is 0.609. The molecule has 0 saturated heterocycles. The van der Waals surface area contributed by atoms with Crippen LogP contribution < -0.4 is 5.32 Å². The van der Waals surface area contributed by atoms with Crippen molar-refractivity contribution in [3.05, 3.63) is 64.5 Å². The Morgan fingerprint density at radius 2 is 1.62 bits per heavy atom. The Morgan fingerprint density at radius 1 is 0.905 bits per heavy atom. The van der Waals surface area contributed by atoms with Crippen molar-refractivity contribution in [1.29, 1.82) is 15.8 Å². The second-order valence-electron chi connectivity index (χ2n) is 4.23. The number of nitrogens with zero attached hydrogens (tertiary/aromatic N) is 3. The van der Waals surface area contributed by atoms with Gasteiger partial charge in [-0.05, 0) is 24.3 Å². The Morgan fingerprint density at radius 3 is 2.29 bits per heavy atom. The topological polar surface area (TPSA) is 83.4 Å². The van der Waals surface area contributed by atoms with Crippen LogP contribution in [0, 0.1) is 39.8 Å². The third-order valence-electron chi connectivity index (χ3n) is 2.94. The van der Waals surface area contributed by atoms with Gasteiger partial charge in [0.2, 0.25) is 0 Å². The molecule has 21 heavy (non-hydrogen) atoms. The summed E-state index contributed by atoms with van der Waals surface area (Å²) in [5, 5.41) is 29.5. The molecule has 4 nitrogen and oxygen atoms in total. The smallest absolute Gasteiger partial charge is 0.145 e. The Balaban J connectivity index is 2.20. The number of hydrogen-bond acceptors (Lipinski definition) is 4. The van der Waals surface area contributed by atoms with Crippen molar-refractivity contribution in [1.82, 2.24) is 0 Å². The number of benzene rings is 2. The van der Waals surface area contributed by atoms with E-state index in [1.165, 1.54) is 18.2 Å². The molecule has 5 heteroatoms. The summed E-state index contributed by atoms with van der Waals surface area (Å²) >= 11 is 0. The van der Waals surface area contributed by atoms with E-state index in [2.05, 4.69) is 5.32 Å². The van der Waals surface area contributed by atoms with Crippen LogP contribution in [-0.2, 0) is 6.54 Å². The quantitative estimate of drug-likeness (QED) is 0.933. The van der Waals surface area contributed by atoms with Gasteiger partial charge in [0.1, 0.15) is 24.0 Å². The molecule has 0 heterocycles. The van der Waals surface area contributed by atoms with Crippen LogP contribution >= 0.6 is 0 Å². The van der Waals surface area contributed by atoms with Gasteiger partial charge in [-0.25, -0.2) is 4.39 Å². The largest absolute Gasteiger partial charge is 0.381 e. The van der Waals surface area contributed by atoms with Crippen molar-refractivity contribution in [2.24, 2.45) is 0 Å². The molecular weight excluding hydrogens is 267 g/mol. The molecule has 0 spiro atoms. The van der Waals surface area contributed by atoms with Crippen molar-refractivity contribution in [3.8, 4) is 18.2 Å². The number of nitriles is 3. The molecule has 100 valence electrons. The van der Waals surface area contributed by atoms with Crippen LogP contribution in [0.5, 0.6) is 0 Å². The standard InChI is InChI=1S/C16H9FN4/c17-16-12(8-19)2-1-3-13(16)10-21-15-5-4-11(7-18)14(6-15)9-20/h1-6,21H,10H2. The van der Waals surface area contributed by atoms with Crippen LogP contribution in [0.3, 0.4) is 0 Å². The van der Waals surface area contributed by atoms with Crippen molar-refractivity contribution in [3.63, 3.8) is 0 Å². The lowest BCUT2D eigenvalue weighted by Gasteiger charge is -2.08. The van der Waals surface area contributed by atoms with E-state index in [9.17, 15) is 4.39 Å². The third-order valence-corrected chi connectivity index (χ3v) is 2.94. The van der Waals surface area contributed by atoms with E-state index < -0.39 is 5.82 Å². The van der Waals surface area contributed by atoms with Crippen LogP contribution in [0.2, 0.25) is 0 Å². The second kappa shape index (κ2) is 6.19. The van der Waals surface area contributed by atoms with Crippen molar-refractivity contribution in [2.45, 2.75) is 6.54 Å². The van der Waals surface area contributed by atoms with Crippen LogP contribution in [0.15, 0.2) is 36.4 Å². The molecule has 2 aromatic carbocycles. The fourth-order valence-electron chi connectivity index (χ4n) is 1.84. The van der Waals surface area contributed by atoms with Crippen LogP contribution in [0.4, 0.5) is 10.1 Å². The average Bonchev–Trinajstić information content (AvgIpc) is 2.53. The first-order valence-electron chi connectivity index (χ1n) is 6.05. The summed E-state index contributed by atoms with van der Waals surface area (Å²) in [5.41, 5.74) is 1.51. The number of nitrogens with one attached hydrogen (secondary N) is 1. The number of rotatable bonds is 3. The highest BCUT2D eigenvalue weighted by Crippen LogP contribution is 2.17. The zero-order valence-corrected chi connectivity index (χ0v) is 10.9. The van der Waals surface area contributed by atoms with Gasteiger partial charge in [0.15, 0.2) is 0 Å². The van der Waals surface area contributed by atoms with E-state index in [1.807, 2.05) is 12.1 Å². The minimum Gasteiger partial charge on any atom is -0.381 e. The van der Waals surface area contributed by atoms with Crippen LogP contribution in [0.25, 0.3) is 0 Å². The van der Waals surface area contributed by atoms with Crippen molar-refractivity contribution >= 4 is 5.69 Å². The van der Waals surface area contributed by atoms with Gasteiger partial charge >= 0.3 is 0 Å². The van der Waals surface area contributed by atoms with E-state index in [0.29, 0.717) is 16.8 Å². The van der Waals surface area contributed by atoms with Gasteiger partial charge in [-0.15, -0.1) is 0 Å². The third kappa shape index (κ3) is 2.97. The molecule has 0 saturated carbocycles. The minimum absolute atomic E-state index is 0.00755. The summed E-state index contributed by atoms with van der Waals surface area (Å²) in [7, 11) is 0. The Labute approximate surface area is 121 Å². The summed E-state index contributed by atoms with van der Waals surface area (Å²) in [6.07, 6.45) is 0. The van der Waals surface area contributed by atoms with E-state index in [1.54, 1.807) is 24.3 Å². The Bertz CT molecular complexity index is 806. The van der Waals surface area contributed by atoms with Gasteiger partial charge in [0.25, 0.3) is 0 Å². The molecule has 0 fully saturated rings. The molecule has 0 aromatic heterocycles. The summed E-state index contributed by atoms with van der Waals surface area (Å²) in [6, 6.07) is 15.0. The van der Waals surface area contributed by atoms with Gasteiger partial charge in [-0.2, -0.15) is 15.8 Å². The van der Waals surface area contributed by atoms with E-state index >= 15 is 0 Å². The monoisotopic (exact) mass is 276 g/mol. The van der Waals surface area contributed by atoms with E-state index in [0.717, 1.165) is 0 Å². The first-order valence-corrected chi connectivity index (χ1v) is 6.05. The summed E-state index contributed by atoms with van der Waals surface area (Å²) in [5.74, 6) is -0.554. The molecule has 1 N–H and O–H groups in total. The fourth-order valence-corrected chi connectivity index (χ4v) is 1.84. The zero-order valence-electron chi connectivity index (χ0n) is 10.9. The van der Waals surface area contributed by atoms with Crippen molar-refractivity contribution in [2.75, 3.05) is 5.32 Å². The highest BCUT2D eigenvalue weighted by Gasteiger charge is 2.08. The Hall–Kier alpha value is -3.36. The minimum atomic E-state index is -0.554. The highest BCUT2D eigenvalue weighted by atomic mass is 19.1. The lowest BCUT2D eigenvalue weighted by atomic mass is 10.1. The maximum absolute atomic E-state index is 13.9. The van der Waals surface area contributed by atoms with Gasteiger partial charge in [0, 0.05) is 17.8 Å². The Kier molecular flexibility index (Phi) is 4.14. The van der Waals surface area contributed by atoms with E-state index in [-0.39, 0.29) is 17.7 Å². The van der Waals surface area contributed by atoms with Crippen LogP contribution in [-0.4, -0.2) is 0 Å². The van der Waals surface area contributed by atoms with E-state index in [4.69, 9.17) is 15.8 Å². The SMILES string of the molecule is N#Cc1ccc(NCc2cccc(C#N)c2F)cc1C#N. The maximum Gasteiger partial charge on any atom is 0.145 e. The van der Waals surface area contributed by atoms with Gasteiger partial charge in [-0.1, -0.05) is 12.1 Å². The molecule has 0 bridgehead atoms. The van der Waals surface area contributed by atoms with Crippen molar-refractivity contribution < 1.29 is 4.39 Å². The molecule has 0 radical (unpaired) electrons. The molecular formula is C16H9FN4. The predicted octanol–water partition coefficient (Wildman–Crippen LogP) is 3.05. The fraction of sp³-hybridized carbons (Fsp3) is 0.0625. The first-order chi connectivity index (χ1) is 10.2. The van der Waals surface area contributed by atoms with Gasteiger partial charge < -0.3 is 5.32 Å². The zero-order chi connectivity index (χ0) is 15.2. The lowest BCUT2D eigenvalue weighted by Crippen LogP contribution is -2.03. The van der Waals surface area contributed by atoms with Crippen LogP contribution in [0.1, 0.15) is 22.3 Å². The maximum atomic E-state index is 13.9. The number of hydrogen-bond donors (Lipinski definition) is 1. The van der Waals surface area contributed by atoms with Gasteiger partial charge in [0.05, 0.1) is 16.7 Å². The average molecular weight is 276 g/mol. The molecule has 0 atom stereocenters. The van der Waals surface area contributed by atoms with Gasteiger partial charge in [-0.3, -0.25) is 0 Å². The summed E-state index contributed by atoms with van der Waals surface area (Å²) in [4.78, 5) is 0. The first kappa shape index (κ1) is 14.1. The molecule has 0 amide bonds. The number of anilines is 1.